The molecule has 2 N–H and O–H groups in total. The maximum Gasteiger partial charge on any atom is 0.159 e. The van der Waals surface area contributed by atoms with Gasteiger partial charge in [0.25, 0.3) is 0 Å². The minimum absolute atomic E-state index is 0.0235. The molecule has 3 atom stereocenters. The molecule has 0 radical (unpaired) electrons. The molecule has 3 nitrogen and oxygen atoms in total. The third kappa shape index (κ3) is 4.23. The summed E-state index contributed by atoms with van der Waals surface area (Å²) in [4.78, 5) is 0. The Kier molecular flexibility index (Phi) is 5.46. The fourth-order valence-corrected chi connectivity index (χ4v) is 2.57. The monoisotopic (exact) mass is 284 g/mol. The third-order valence-electron chi connectivity index (χ3n) is 3.61. The van der Waals surface area contributed by atoms with Crippen LogP contribution < -0.4 is 10.6 Å². The van der Waals surface area contributed by atoms with Gasteiger partial charge >= 0.3 is 0 Å². The summed E-state index contributed by atoms with van der Waals surface area (Å²) in [5.41, 5.74) is 0.753. The Hall–Kier alpha value is -1.04. The molecule has 3 unspecified atom stereocenters. The van der Waals surface area contributed by atoms with Crippen molar-refractivity contribution in [1.82, 2.24) is 10.6 Å². The van der Waals surface area contributed by atoms with Gasteiger partial charge in [0, 0.05) is 24.7 Å². The van der Waals surface area contributed by atoms with Crippen molar-refractivity contribution in [1.29, 1.82) is 0 Å². The number of morpholine rings is 1. The summed E-state index contributed by atoms with van der Waals surface area (Å²) in [6.07, 6.45) is 0.939. The van der Waals surface area contributed by atoms with Crippen LogP contribution in [0.1, 0.15) is 31.9 Å². The van der Waals surface area contributed by atoms with E-state index in [0.29, 0.717) is 6.04 Å². The Morgan fingerprint density at radius 2 is 2.15 bits per heavy atom. The molecule has 0 aromatic heterocycles. The van der Waals surface area contributed by atoms with Gasteiger partial charge in [-0.3, -0.25) is 0 Å². The van der Waals surface area contributed by atoms with Gasteiger partial charge in [-0.1, -0.05) is 6.07 Å². The van der Waals surface area contributed by atoms with E-state index in [2.05, 4.69) is 17.6 Å². The quantitative estimate of drug-likeness (QED) is 0.871. The predicted molar refractivity (Wildman–Crippen MR) is 74.6 cm³/mol. The maximum absolute atomic E-state index is 13.2. The van der Waals surface area contributed by atoms with E-state index in [-0.39, 0.29) is 12.1 Å². The van der Waals surface area contributed by atoms with Gasteiger partial charge in [-0.25, -0.2) is 8.78 Å². The molecule has 1 aliphatic heterocycles. The van der Waals surface area contributed by atoms with Crippen molar-refractivity contribution in [2.24, 2.45) is 0 Å². The number of nitrogens with one attached hydrogen (secondary N) is 2. The van der Waals surface area contributed by atoms with E-state index >= 15 is 0 Å². The minimum atomic E-state index is -0.808. The Morgan fingerprint density at radius 3 is 2.80 bits per heavy atom. The average Bonchev–Trinajstić information content (AvgIpc) is 2.42. The first-order valence-corrected chi connectivity index (χ1v) is 7.08. The second-order valence-corrected chi connectivity index (χ2v) is 5.42. The molecule has 1 aromatic rings. The molecular formula is C15H22F2N2O. The highest BCUT2D eigenvalue weighted by molar-refractivity contribution is 5.20. The Morgan fingerprint density at radius 1 is 1.35 bits per heavy atom. The molecule has 0 spiro atoms. The maximum atomic E-state index is 13.2. The van der Waals surface area contributed by atoms with Crippen molar-refractivity contribution in [3.05, 3.63) is 35.4 Å². The van der Waals surface area contributed by atoms with Crippen LogP contribution in [0.3, 0.4) is 0 Å². The van der Waals surface area contributed by atoms with Crippen LogP contribution in [0.4, 0.5) is 8.78 Å². The topological polar surface area (TPSA) is 33.3 Å². The van der Waals surface area contributed by atoms with Gasteiger partial charge in [-0.05, 0) is 38.0 Å². The highest BCUT2D eigenvalue weighted by Crippen LogP contribution is 2.17. The molecule has 0 bridgehead atoms. The average molecular weight is 284 g/mol. The number of hydrogen-bond acceptors (Lipinski definition) is 3. The third-order valence-corrected chi connectivity index (χ3v) is 3.61. The molecule has 0 saturated carbocycles. The summed E-state index contributed by atoms with van der Waals surface area (Å²) in [7, 11) is 0. The molecular weight excluding hydrogens is 262 g/mol. The lowest BCUT2D eigenvalue weighted by Gasteiger charge is -2.28. The van der Waals surface area contributed by atoms with Crippen LogP contribution in [0.5, 0.6) is 0 Å². The van der Waals surface area contributed by atoms with Crippen molar-refractivity contribution in [3.8, 4) is 0 Å². The van der Waals surface area contributed by atoms with Crippen LogP contribution in [-0.4, -0.2) is 31.8 Å². The van der Waals surface area contributed by atoms with Gasteiger partial charge in [0.05, 0.1) is 13.2 Å². The number of halogens is 2. The van der Waals surface area contributed by atoms with Crippen molar-refractivity contribution in [2.75, 3.05) is 19.8 Å². The smallest absolute Gasteiger partial charge is 0.159 e. The van der Waals surface area contributed by atoms with Gasteiger partial charge in [-0.2, -0.15) is 0 Å². The zero-order valence-corrected chi connectivity index (χ0v) is 12.0. The van der Waals surface area contributed by atoms with E-state index in [9.17, 15) is 8.78 Å². The summed E-state index contributed by atoms with van der Waals surface area (Å²) in [5, 5.41) is 6.81. The molecule has 1 aromatic carbocycles. The first-order valence-electron chi connectivity index (χ1n) is 7.08. The van der Waals surface area contributed by atoms with Gasteiger partial charge in [0.15, 0.2) is 11.6 Å². The lowest BCUT2D eigenvalue weighted by molar-refractivity contribution is 0.0708. The van der Waals surface area contributed by atoms with E-state index < -0.39 is 11.6 Å². The van der Waals surface area contributed by atoms with Gasteiger partial charge < -0.3 is 15.4 Å². The Bertz CT molecular complexity index is 436. The SMILES string of the molecule is CC(CC1COCCN1)NC(C)c1ccc(F)c(F)c1. The second kappa shape index (κ2) is 7.11. The number of hydrogen-bond donors (Lipinski definition) is 2. The fourth-order valence-electron chi connectivity index (χ4n) is 2.57. The first kappa shape index (κ1) is 15.4. The van der Waals surface area contributed by atoms with Crippen LogP contribution in [0.15, 0.2) is 18.2 Å². The molecule has 5 heteroatoms. The van der Waals surface area contributed by atoms with Crippen LogP contribution in [0.25, 0.3) is 0 Å². The predicted octanol–water partition coefficient (Wildman–Crippen LogP) is 2.38. The summed E-state index contributed by atoms with van der Waals surface area (Å²) in [5.74, 6) is -1.61. The van der Waals surface area contributed by atoms with Crippen LogP contribution in [0, 0.1) is 11.6 Å². The normalized spacial score (nSPS) is 22.5. The standard InChI is InChI=1S/C15H22F2N2O/c1-10(7-13-9-20-6-5-18-13)19-11(2)12-3-4-14(16)15(17)8-12/h3-4,8,10-11,13,18-19H,5-7,9H2,1-2H3. The lowest BCUT2D eigenvalue weighted by Crippen LogP contribution is -2.45. The Balaban J connectivity index is 1.86. The molecule has 0 aliphatic carbocycles. The molecule has 1 aliphatic rings. The van der Waals surface area contributed by atoms with Crippen LogP contribution in [0.2, 0.25) is 0 Å². The van der Waals surface area contributed by atoms with Crippen molar-refractivity contribution in [3.63, 3.8) is 0 Å². The molecule has 2 rings (SSSR count). The molecule has 1 heterocycles. The Labute approximate surface area is 118 Å². The molecule has 1 fully saturated rings. The molecule has 20 heavy (non-hydrogen) atoms. The number of rotatable bonds is 5. The van der Waals surface area contributed by atoms with E-state index in [1.807, 2.05) is 6.92 Å². The van der Waals surface area contributed by atoms with Crippen molar-refractivity contribution in [2.45, 2.75) is 38.4 Å². The van der Waals surface area contributed by atoms with Crippen molar-refractivity contribution < 1.29 is 13.5 Å². The molecule has 0 amide bonds. The zero-order valence-electron chi connectivity index (χ0n) is 12.0. The second-order valence-electron chi connectivity index (χ2n) is 5.42. The lowest BCUT2D eigenvalue weighted by atomic mass is 10.0. The van der Waals surface area contributed by atoms with E-state index in [1.54, 1.807) is 6.07 Å². The van der Waals surface area contributed by atoms with Gasteiger partial charge in [0.2, 0.25) is 0 Å². The number of benzene rings is 1. The molecule has 1 saturated heterocycles. The van der Waals surface area contributed by atoms with Crippen LogP contribution >= 0.6 is 0 Å². The summed E-state index contributed by atoms with van der Waals surface area (Å²) in [6, 6.07) is 4.63. The van der Waals surface area contributed by atoms with Gasteiger partial charge in [-0.15, -0.1) is 0 Å². The summed E-state index contributed by atoms with van der Waals surface area (Å²) < 4.78 is 31.6. The summed E-state index contributed by atoms with van der Waals surface area (Å²) in [6.45, 7) is 6.42. The van der Waals surface area contributed by atoms with Crippen LogP contribution in [-0.2, 0) is 4.74 Å². The van der Waals surface area contributed by atoms with E-state index in [4.69, 9.17) is 4.74 Å². The largest absolute Gasteiger partial charge is 0.379 e. The van der Waals surface area contributed by atoms with E-state index in [1.165, 1.54) is 12.1 Å². The summed E-state index contributed by atoms with van der Waals surface area (Å²) >= 11 is 0. The van der Waals surface area contributed by atoms with Gasteiger partial charge in [0.1, 0.15) is 0 Å². The fraction of sp³-hybridized carbons (Fsp3) is 0.600. The highest BCUT2D eigenvalue weighted by Gasteiger charge is 2.18. The van der Waals surface area contributed by atoms with E-state index in [0.717, 1.165) is 31.7 Å². The molecule has 112 valence electrons. The number of ether oxygens (including phenoxy) is 1. The zero-order chi connectivity index (χ0) is 14.5. The highest BCUT2D eigenvalue weighted by atomic mass is 19.2. The minimum Gasteiger partial charge on any atom is -0.379 e. The van der Waals surface area contributed by atoms with Crippen molar-refractivity contribution >= 4 is 0 Å². The first-order chi connectivity index (χ1) is 9.56.